The van der Waals surface area contributed by atoms with Crippen molar-refractivity contribution in [2.45, 2.75) is 13.5 Å². The lowest BCUT2D eigenvalue weighted by molar-refractivity contribution is 0.0602. The zero-order valence-electron chi connectivity index (χ0n) is 19.0. The second-order valence-electron chi connectivity index (χ2n) is 7.12. The van der Waals surface area contributed by atoms with E-state index in [1.54, 1.807) is 19.1 Å². The van der Waals surface area contributed by atoms with E-state index < -0.39 is 23.3 Å². The summed E-state index contributed by atoms with van der Waals surface area (Å²) in [6.07, 6.45) is 1.34. The highest BCUT2D eigenvalue weighted by Crippen LogP contribution is 2.36. The number of aromatic amines is 1. The Bertz CT molecular complexity index is 1450. The molecule has 0 unspecified atom stereocenters. The molecular weight excluding hydrogens is 484 g/mol. The van der Waals surface area contributed by atoms with Gasteiger partial charge in [-0.3, -0.25) is 4.57 Å². The van der Waals surface area contributed by atoms with Crippen molar-refractivity contribution < 1.29 is 27.8 Å². The number of fused-ring (bicyclic) bond motifs is 1. The van der Waals surface area contributed by atoms with Crippen molar-refractivity contribution in [1.82, 2.24) is 19.5 Å². The summed E-state index contributed by atoms with van der Waals surface area (Å²) in [5.74, 6) is -1.93. The minimum atomic E-state index is -1.15. The van der Waals surface area contributed by atoms with Crippen LogP contribution in [0.5, 0.6) is 11.5 Å². The van der Waals surface area contributed by atoms with E-state index in [-0.39, 0.29) is 29.9 Å². The minimum Gasteiger partial charge on any atom is -0.494 e. The number of aromatic nitrogens is 4. The lowest BCUT2D eigenvalue weighted by Gasteiger charge is -2.09. The first-order valence-electron chi connectivity index (χ1n) is 10.4. The third kappa shape index (κ3) is 4.67. The molecule has 0 radical (unpaired) electrons. The predicted octanol–water partition coefficient (Wildman–Crippen LogP) is 3.43. The first-order chi connectivity index (χ1) is 16.9. The monoisotopic (exact) mass is 505 g/mol. The molecule has 0 fully saturated rings. The summed E-state index contributed by atoms with van der Waals surface area (Å²) in [5.41, 5.74) is -0.213. The molecule has 0 aliphatic carbocycles. The predicted molar refractivity (Wildman–Crippen MR) is 125 cm³/mol. The Labute approximate surface area is 201 Å². The van der Waals surface area contributed by atoms with Crippen molar-refractivity contribution in [1.29, 1.82) is 0 Å². The van der Waals surface area contributed by atoms with E-state index in [2.05, 4.69) is 20.3 Å². The molecular formula is C22H21F2N5O5S. The SMILES string of the molecule is CCOc1cc(-c2cc(NCCn3c(=O)[nH]c4c(OC)cc(F)c(F)c43)ncn2)sc1C(=O)OC. The van der Waals surface area contributed by atoms with Gasteiger partial charge in [0.05, 0.1) is 31.4 Å². The van der Waals surface area contributed by atoms with E-state index in [0.717, 1.165) is 10.6 Å². The molecule has 0 amide bonds. The van der Waals surface area contributed by atoms with Crippen molar-refractivity contribution in [3.05, 3.63) is 51.5 Å². The average Bonchev–Trinajstić information content (AvgIpc) is 3.43. The summed E-state index contributed by atoms with van der Waals surface area (Å²) in [4.78, 5) is 36.3. The molecule has 0 bridgehead atoms. The van der Waals surface area contributed by atoms with Crippen LogP contribution in [-0.4, -0.2) is 52.9 Å². The van der Waals surface area contributed by atoms with Gasteiger partial charge in [-0.15, -0.1) is 11.3 Å². The second-order valence-corrected chi connectivity index (χ2v) is 8.18. The number of H-pyrrole nitrogens is 1. The summed E-state index contributed by atoms with van der Waals surface area (Å²) < 4.78 is 44.9. The number of carbonyl (C=O) groups excluding carboxylic acids is 1. The van der Waals surface area contributed by atoms with E-state index in [9.17, 15) is 18.4 Å². The van der Waals surface area contributed by atoms with Crippen LogP contribution >= 0.6 is 11.3 Å². The Morgan fingerprint density at radius 3 is 2.71 bits per heavy atom. The van der Waals surface area contributed by atoms with E-state index in [0.29, 0.717) is 33.6 Å². The topological polar surface area (TPSA) is 120 Å². The van der Waals surface area contributed by atoms with Crippen LogP contribution in [0.1, 0.15) is 16.6 Å². The molecule has 0 atom stereocenters. The van der Waals surface area contributed by atoms with E-state index >= 15 is 0 Å². The van der Waals surface area contributed by atoms with Gasteiger partial charge >= 0.3 is 11.7 Å². The number of anilines is 1. The molecule has 0 saturated carbocycles. The molecule has 4 aromatic rings. The maximum atomic E-state index is 14.5. The molecule has 4 rings (SSSR count). The highest BCUT2D eigenvalue weighted by molar-refractivity contribution is 7.17. The number of carbonyl (C=O) groups is 1. The van der Waals surface area contributed by atoms with Gasteiger partial charge in [0.2, 0.25) is 0 Å². The van der Waals surface area contributed by atoms with Crippen LogP contribution in [0, 0.1) is 11.6 Å². The van der Waals surface area contributed by atoms with Gasteiger partial charge < -0.3 is 24.5 Å². The van der Waals surface area contributed by atoms with Crippen LogP contribution in [0.3, 0.4) is 0 Å². The Hall–Kier alpha value is -4.00. The van der Waals surface area contributed by atoms with Gasteiger partial charge in [-0.2, -0.15) is 0 Å². The molecule has 2 N–H and O–H groups in total. The van der Waals surface area contributed by atoms with Crippen LogP contribution in [0.4, 0.5) is 14.6 Å². The lowest BCUT2D eigenvalue weighted by Crippen LogP contribution is -2.22. The molecule has 0 saturated heterocycles. The van der Waals surface area contributed by atoms with Gasteiger partial charge in [0.25, 0.3) is 0 Å². The molecule has 0 aliphatic heterocycles. The number of esters is 1. The van der Waals surface area contributed by atoms with Gasteiger partial charge in [0.1, 0.15) is 34.7 Å². The van der Waals surface area contributed by atoms with Crippen LogP contribution in [0.25, 0.3) is 21.6 Å². The number of thiophene rings is 1. The smallest absolute Gasteiger partial charge is 0.351 e. The number of ether oxygens (including phenoxy) is 3. The molecule has 0 spiro atoms. The van der Waals surface area contributed by atoms with Crippen LogP contribution in [0.15, 0.2) is 29.3 Å². The third-order valence-electron chi connectivity index (χ3n) is 5.06. The van der Waals surface area contributed by atoms with Crippen molar-refractivity contribution in [3.8, 4) is 22.1 Å². The number of hydrogen-bond acceptors (Lipinski definition) is 9. The van der Waals surface area contributed by atoms with Crippen molar-refractivity contribution >= 4 is 34.2 Å². The fraction of sp³-hybridized carbons (Fsp3) is 0.273. The Kier molecular flexibility index (Phi) is 6.96. The number of methoxy groups -OCH3 is 2. The second kappa shape index (κ2) is 10.1. The van der Waals surface area contributed by atoms with E-state index in [4.69, 9.17) is 14.2 Å². The Morgan fingerprint density at radius 2 is 2.00 bits per heavy atom. The number of nitrogens with zero attached hydrogens (tertiary/aromatic N) is 3. The fourth-order valence-corrected chi connectivity index (χ4v) is 4.48. The largest absolute Gasteiger partial charge is 0.494 e. The van der Waals surface area contributed by atoms with Crippen molar-refractivity contribution in [2.24, 2.45) is 0 Å². The van der Waals surface area contributed by atoms with E-state index in [1.165, 1.54) is 31.9 Å². The van der Waals surface area contributed by atoms with Crippen molar-refractivity contribution in [3.63, 3.8) is 0 Å². The van der Waals surface area contributed by atoms with Gasteiger partial charge in [0, 0.05) is 31.3 Å². The number of benzene rings is 1. The molecule has 0 aliphatic rings. The highest BCUT2D eigenvalue weighted by atomic mass is 32.1. The van der Waals surface area contributed by atoms with Crippen LogP contribution < -0.4 is 20.5 Å². The summed E-state index contributed by atoms with van der Waals surface area (Å²) in [7, 11) is 2.59. The van der Waals surface area contributed by atoms with Crippen LogP contribution in [-0.2, 0) is 11.3 Å². The number of imidazole rings is 1. The number of rotatable bonds is 9. The number of hydrogen-bond donors (Lipinski definition) is 2. The molecule has 184 valence electrons. The first kappa shape index (κ1) is 24.1. The summed E-state index contributed by atoms with van der Waals surface area (Å²) >= 11 is 1.17. The van der Waals surface area contributed by atoms with Crippen LogP contribution in [0.2, 0.25) is 0 Å². The average molecular weight is 506 g/mol. The minimum absolute atomic E-state index is 0.0156. The van der Waals surface area contributed by atoms with Gasteiger partial charge in [0.15, 0.2) is 16.5 Å². The number of halogens is 2. The maximum Gasteiger partial charge on any atom is 0.351 e. The summed E-state index contributed by atoms with van der Waals surface area (Å²) in [6.45, 7) is 2.37. The lowest BCUT2D eigenvalue weighted by atomic mass is 10.2. The maximum absolute atomic E-state index is 14.5. The quantitative estimate of drug-likeness (QED) is 0.332. The molecule has 3 aromatic heterocycles. The summed E-state index contributed by atoms with van der Waals surface area (Å²) in [5, 5.41) is 3.04. The Morgan fingerprint density at radius 1 is 1.20 bits per heavy atom. The molecule has 35 heavy (non-hydrogen) atoms. The fourth-order valence-electron chi connectivity index (χ4n) is 3.50. The van der Waals surface area contributed by atoms with Gasteiger partial charge in [-0.05, 0) is 6.92 Å². The normalized spacial score (nSPS) is 11.0. The van der Waals surface area contributed by atoms with E-state index in [1.807, 2.05) is 0 Å². The molecule has 1 aromatic carbocycles. The zero-order valence-corrected chi connectivity index (χ0v) is 19.8. The zero-order chi connectivity index (χ0) is 25.1. The molecule has 10 nitrogen and oxygen atoms in total. The number of nitrogens with one attached hydrogen (secondary N) is 2. The Balaban J connectivity index is 1.55. The van der Waals surface area contributed by atoms with Gasteiger partial charge in [-0.1, -0.05) is 0 Å². The standard InChI is InChI=1S/C22H21F2N5O5S/c1-4-34-14-9-15(35-20(14)21(30)33-3)12-8-16(27-10-26-12)25-5-6-29-19-17(24)11(23)7-13(32-2)18(19)28-22(29)31/h7-10H,4-6H2,1-3H3,(H,28,31)(H,25,26,27). The van der Waals surface area contributed by atoms with Crippen molar-refractivity contribution in [2.75, 3.05) is 32.7 Å². The first-order valence-corrected chi connectivity index (χ1v) is 11.2. The highest BCUT2D eigenvalue weighted by Gasteiger charge is 2.21. The van der Waals surface area contributed by atoms with Gasteiger partial charge in [-0.25, -0.2) is 28.3 Å². The molecule has 3 heterocycles. The summed E-state index contributed by atoms with van der Waals surface area (Å²) in [6, 6.07) is 4.23. The molecule has 13 heteroatoms. The third-order valence-corrected chi connectivity index (χ3v) is 6.17.